The summed E-state index contributed by atoms with van der Waals surface area (Å²) in [6.45, 7) is 1.39. The van der Waals surface area contributed by atoms with E-state index in [-0.39, 0.29) is 36.5 Å². The molecule has 0 spiro atoms. The molecule has 7 heteroatoms. The summed E-state index contributed by atoms with van der Waals surface area (Å²) in [5.41, 5.74) is 2.63. The third-order valence-corrected chi connectivity index (χ3v) is 5.94. The van der Waals surface area contributed by atoms with Crippen LogP contribution in [0.4, 0.5) is 9.18 Å². The van der Waals surface area contributed by atoms with Gasteiger partial charge in [-0.2, -0.15) is 0 Å². The third kappa shape index (κ3) is 4.19. The first-order valence-corrected chi connectivity index (χ1v) is 10.5. The number of hydrogen-bond acceptors (Lipinski definition) is 5. The average Bonchev–Trinajstić information content (AvgIpc) is 3.25. The second-order valence-electron chi connectivity index (χ2n) is 8.10. The van der Waals surface area contributed by atoms with Gasteiger partial charge in [0.15, 0.2) is 0 Å². The van der Waals surface area contributed by atoms with Gasteiger partial charge in [0.05, 0.1) is 5.69 Å². The molecule has 32 heavy (non-hydrogen) atoms. The third-order valence-electron chi connectivity index (χ3n) is 5.94. The summed E-state index contributed by atoms with van der Waals surface area (Å²) in [7, 11) is 0. The van der Waals surface area contributed by atoms with Gasteiger partial charge in [0.2, 0.25) is 5.88 Å². The number of carbonyl (C=O) groups is 2. The SMILES string of the molecule is O=Cc1cc(OC2C3CN(C(=O)OCc4ccccc4)CC32)nc(-c2ccc(F)cc2)c1. The lowest BCUT2D eigenvalue weighted by atomic mass is 10.1. The van der Waals surface area contributed by atoms with Crippen molar-refractivity contribution >= 4 is 12.4 Å². The van der Waals surface area contributed by atoms with E-state index < -0.39 is 0 Å². The zero-order valence-corrected chi connectivity index (χ0v) is 17.2. The fraction of sp³-hybridized carbons (Fsp3) is 0.240. The molecule has 1 aromatic heterocycles. The molecule has 0 N–H and O–H groups in total. The van der Waals surface area contributed by atoms with Crippen LogP contribution >= 0.6 is 0 Å². The summed E-state index contributed by atoms with van der Waals surface area (Å²) in [6, 6.07) is 18.7. The van der Waals surface area contributed by atoms with Gasteiger partial charge in [-0.1, -0.05) is 30.3 Å². The van der Waals surface area contributed by atoms with Crippen LogP contribution in [0, 0.1) is 17.7 Å². The number of ether oxygens (including phenoxy) is 2. The van der Waals surface area contributed by atoms with E-state index >= 15 is 0 Å². The summed E-state index contributed by atoms with van der Waals surface area (Å²) >= 11 is 0. The van der Waals surface area contributed by atoms with Crippen molar-refractivity contribution in [2.75, 3.05) is 13.1 Å². The van der Waals surface area contributed by atoms with Crippen molar-refractivity contribution in [1.29, 1.82) is 0 Å². The number of likely N-dealkylation sites (tertiary alicyclic amines) is 1. The van der Waals surface area contributed by atoms with Gasteiger partial charge in [0, 0.05) is 42.1 Å². The molecule has 162 valence electrons. The Bertz CT molecular complexity index is 1120. The molecule has 0 radical (unpaired) electrons. The minimum absolute atomic E-state index is 0.0522. The van der Waals surface area contributed by atoms with Gasteiger partial charge in [0.1, 0.15) is 24.8 Å². The van der Waals surface area contributed by atoms with E-state index in [2.05, 4.69) is 4.98 Å². The van der Waals surface area contributed by atoms with Crippen molar-refractivity contribution in [3.63, 3.8) is 0 Å². The molecule has 1 aliphatic heterocycles. The Morgan fingerprint density at radius 1 is 1.06 bits per heavy atom. The van der Waals surface area contributed by atoms with Crippen LogP contribution in [-0.2, 0) is 11.3 Å². The number of piperidine rings is 1. The normalized spacial score (nSPS) is 21.0. The van der Waals surface area contributed by atoms with Crippen LogP contribution in [-0.4, -0.2) is 41.5 Å². The second-order valence-corrected chi connectivity index (χ2v) is 8.10. The Kier molecular flexibility index (Phi) is 5.31. The molecule has 1 amide bonds. The van der Waals surface area contributed by atoms with E-state index in [9.17, 15) is 14.0 Å². The van der Waals surface area contributed by atoms with Crippen LogP contribution in [0.2, 0.25) is 0 Å². The molecule has 0 bridgehead atoms. The number of aldehydes is 1. The monoisotopic (exact) mass is 432 g/mol. The minimum atomic E-state index is -0.338. The molecular formula is C25H21FN2O4. The van der Waals surface area contributed by atoms with Crippen molar-refractivity contribution < 1.29 is 23.5 Å². The zero-order valence-electron chi connectivity index (χ0n) is 17.2. The van der Waals surface area contributed by atoms with Crippen molar-refractivity contribution in [2.24, 2.45) is 11.8 Å². The molecule has 2 unspecified atom stereocenters. The standard InChI is InChI=1S/C25H21FN2O4/c26-19-8-6-18(7-9-19)22-10-17(14-29)11-23(27-22)32-24-20-12-28(13-21(20)24)25(30)31-15-16-4-2-1-3-5-16/h1-11,14,20-21,24H,12-13,15H2. The molecule has 2 atom stereocenters. The highest BCUT2D eigenvalue weighted by atomic mass is 19.1. The van der Waals surface area contributed by atoms with E-state index in [0.717, 1.165) is 11.8 Å². The highest BCUT2D eigenvalue weighted by molar-refractivity contribution is 5.78. The first kappa shape index (κ1) is 20.2. The maximum atomic E-state index is 13.2. The number of halogens is 1. The van der Waals surface area contributed by atoms with Crippen LogP contribution in [0.3, 0.4) is 0 Å². The smallest absolute Gasteiger partial charge is 0.410 e. The summed E-state index contributed by atoms with van der Waals surface area (Å²) in [5, 5.41) is 0. The molecule has 2 aliphatic rings. The van der Waals surface area contributed by atoms with Gasteiger partial charge in [-0.3, -0.25) is 4.79 Å². The van der Waals surface area contributed by atoms with E-state index in [1.165, 1.54) is 12.1 Å². The molecule has 2 fully saturated rings. The van der Waals surface area contributed by atoms with Crippen LogP contribution in [0.5, 0.6) is 5.88 Å². The topological polar surface area (TPSA) is 68.7 Å². The zero-order chi connectivity index (χ0) is 22.1. The van der Waals surface area contributed by atoms with Crippen molar-refractivity contribution in [2.45, 2.75) is 12.7 Å². The lowest BCUT2D eigenvalue weighted by Crippen LogP contribution is -2.33. The number of hydrogen-bond donors (Lipinski definition) is 0. The maximum Gasteiger partial charge on any atom is 0.410 e. The maximum absolute atomic E-state index is 13.2. The Labute approximate surface area is 184 Å². The van der Waals surface area contributed by atoms with Crippen LogP contribution < -0.4 is 4.74 Å². The number of carbonyl (C=O) groups excluding carboxylic acids is 2. The van der Waals surface area contributed by atoms with Crippen molar-refractivity contribution in [3.8, 4) is 17.1 Å². The number of nitrogens with zero attached hydrogens (tertiary/aromatic N) is 2. The van der Waals surface area contributed by atoms with E-state index in [1.54, 1.807) is 29.2 Å². The van der Waals surface area contributed by atoms with Crippen molar-refractivity contribution in [1.82, 2.24) is 9.88 Å². The van der Waals surface area contributed by atoms with Gasteiger partial charge < -0.3 is 14.4 Å². The fourth-order valence-corrected chi connectivity index (χ4v) is 4.17. The summed E-state index contributed by atoms with van der Waals surface area (Å²) < 4.78 is 24.7. The molecule has 6 nitrogen and oxygen atoms in total. The van der Waals surface area contributed by atoms with Gasteiger partial charge >= 0.3 is 6.09 Å². The van der Waals surface area contributed by atoms with Crippen LogP contribution in [0.1, 0.15) is 15.9 Å². The largest absolute Gasteiger partial charge is 0.474 e. The first-order chi connectivity index (χ1) is 15.6. The fourth-order valence-electron chi connectivity index (χ4n) is 4.17. The highest BCUT2D eigenvalue weighted by Gasteiger charge is 2.59. The molecule has 5 rings (SSSR count). The molecule has 3 aromatic rings. The number of benzene rings is 2. The van der Waals surface area contributed by atoms with Crippen molar-refractivity contribution in [3.05, 3.63) is 83.7 Å². The highest BCUT2D eigenvalue weighted by Crippen LogP contribution is 2.48. The summed E-state index contributed by atoms with van der Waals surface area (Å²) in [4.78, 5) is 29.9. The Balaban J connectivity index is 1.19. The van der Waals surface area contributed by atoms with E-state index in [4.69, 9.17) is 9.47 Å². The van der Waals surface area contributed by atoms with E-state index in [0.29, 0.717) is 35.8 Å². The molecular weight excluding hydrogens is 411 g/mol. The Morgan fingerprint density at radius 2 is 1.78 bits per heavy atom. The molecule has 1 saturated carbocycles. The first-order valence-electron chi connectivity index (χ1n) is 10.5. The van der Waals surface area contributed by atoms with Gasteiger partial charge in [-0.05, 0) is 35.9 Å². The Morgan fingerprint density at radius 3 is 2.47 bits per heavy atom. The number of pyridine rings is 1. The van der Waals surface area contributed by atoms with Crippen LogP contribution in [0.15, 0.2) is 66.7 Å². The average molecular weight is 432 g/mol. The van der Waals surface area contributed by atoms with Gasteiger partial charge in [-0.15, -0.1) is 0 Å². The number of amides is 1. The lowest BCUT2D eigenvalue weighted by Gasteiger charge is -2.20. The predicted octanol–water partition coefficient (Wildman–Crippen LogP) is 4.35. The number of rotatable bonds is 6. The number of aromatic nitrogens is 1. The predicted molar refractivity (Wildman–Crippen MR) is 115 cm³/mol. The molecule has 2 aromatic carbocycles. The van der Waals surface area contributed by atoms with E-state index in [1.807, 2.05) is 30.3 Å². The summed E-state index contributed by atoms with van der Waals surface area (Å²) in [6.07, 6.45) is 0.364. The second kappa shape index (κ2) is 8.42. The molecule has 1 aliphatic carbocycles. The molecule has 2 heterocycles. The van der Waals surface area contributed by atoms with Gasteiger partial charge in [-0.25, -0.2) is 14.2 Å². The number of fused-ring (bicyclic) bond motifs is 1. The molecule has 1 saturated heterocycles. The van der Waals surface area contributed by atoms with Crippen LogP contribution in [0.25, 0.3) is 11.3 Å². The van der Waals surface area contributed by atoms with Gasteiger partial charge in [0.25, 0.3) is 0 Å². The minimum Gasteiger partial charge on any atom is -0.474 e. The Hall–Kier alpha value is -3.74. The summed E-state index contributed by atoms with van der Waals surface area (Å²) in [5.74, 6) is 0.450. The quantitative estimate of drug-likeness (QED) is 0.542. The lowest BCUT2D eigenvalue weighted by molar-refractivity contribution is 0.0944.